The molecule has 120 valence electrons. The van der Waals surface area contributed by atoms with Crippen molar-refractivity contribution in [1.29, 1.82) is 0 Å². The third kappa shape index (κ3) is 3.02. The monoisotopic (exact) mass is 291 g/mol. The van der Waals surface area contributed by atoms with Crippen molar-refractivity contribution >= 4 is 0 Å². The molecule has 0 aromatic carbocycles. The molecule has 4 rings (SSSR count). The average Bonchev–Trinajstić information content (AvgIpc) is 2.55. The first-order valence-corrected chi connectivity index (χ1v) is 9.60. The van der Waals surface area contributed by atoms with Gasteiger partial charge in [0.1, 0.15) is 0 Å². The van der Waals surface area contributed by atoms with Crippen LogP contribution in [0.3, 0.4) is 0 Å². The molecule has 0 spiro atoms. The van der Waals surface area contributed by atoms with E-state index in [4.69, 9.17) is 0 Å². The van der Waals surface area contributed by atoms with Gasteiger partial charge in [0, 0.05) is 12.1 Å². The Kier molecular flexibility index (Phi) is 4.52. The van der Waals surface area contributed by atoms with Gasteiger partial charge in [-0.25, -0.2) is 0 Å². The van der Waals surface area contributed by atoms with Crippen molar-refractivity contribution in [3.63, 3.8) is 0 Å². The van der Waals surface area contributed by atoms with Gasteiger partial charge >= 0.3 is 0 Å². The van der Waals surface area contributed by atoms with Crippen LogP contribution in [0.2, 0.25) is 0 Å². The zero-order valence-electron chi connectivity index (χ0n) is 13.6. The summed E-state index contributed by atoms with van der Waals surface area (Å²) in [5.41, 5.74) is 0. The average molecular weight is 291 g/mol. The highest BCUT2D eigenvalue weighted by Gasteiger charge is 2.41. The molecule has 0 aromatic rings. The first kappa shape index (κ1) is 14.5. The Balaban J connectivity index is 1.34. The fourth-order valence-electron chi connectivity index (χ4n) is 5.70. The number of nitrogens with zero attached hydrogens (tertiary/aromatic N) is 2. The van der Waals surface area contributed by atoms with Crippen molar-refractivity contribution in [2.45, 2.75) is 63.5 Å². The molecule has 3 atom stereocenters. The van der Waals surface area contributed by atoms with Gasteiger partial charge < -0.3 is 10.2 Å². The van der Waals surface area contributed by atoms with Crippen molar-refractivity contribution in [2.75, 3.05) is 39.3 Å². The van der Waals surface area contributed by atoms with Gasteiger partial charge in [-0.15, -0.1) is 0 Å². The van der Waals surface area contributed by atoms with Gasteiger partial charge in [0.05, 0.1) is 0 Å². The Morgan fingerprint density at radius 1 is 0.619 bits per heavy atom. The quantitative estimate of drug-likeness (QED) is 0.842. The topological polar surface area (TPSA) is 18.5 Å². The van der Waals surface area contributed by atoms with E-state index in [1.54, 1.807) is 0 Å². The predicted octanol–water partition coefficient (Wildman–Crippen LogP) is 2.32. The predicted molar refractivity (Wildman–Crippen MR) is 87.5 cm³/mol. The van der Waals surface area contributed by atoms with Crippen LogP contribution in [0, 0.1) is 11.8 Å². The van der Waals surface area contributed by atoms with Crippen LogP contribution in [-0.2, 0) is 0 Å². The van der Waals surface area contributed by atoms with Crippen LogP contribution in [0.1, 0.15) is 51.4 Å². The van der Waals surface area contributed by atoms with E-state index < -0.39 is 0 Å². The first-order chi connectivity index (χ1) is 10.4. The van der Waals surface area contributed by atoms with Crippen LogP contribution in [-0.4, -0.2) is 61.2 Å². The highest BCUT2D eigenvalue weighted by molar-refractivity contribution is 4.96. The fraction of sp³-hybridized carbons (Fsp3) is 1.00. The van der Waals surface area contributed by atoms with E-state index in [0.717, 1.165) is 23.9 Å². The molecule has 1 N–H and O–H groups in total. The molecule has 1 unspecified atom stereocenters. The Bertz CT molecular complexity index is 309. The summed E-state index contributed by atoms with van der Waals surface area (Å²) in [7, 11) is 0. The highest BCUT2D eigenvalue weighted by atomic mass is 15.2. The lowest BCUT2D eigenvalue weighted by molar-refractivity contribution is -0.00127. The van der Waals surface area contributed by atoms with Gasteiger partial charge in [0.25, 0.3) is 0 Å². The zero-order chi connectivity index (χ0) is 14.1. The number of rotatable bonds is 2. The molecule has 4 aliphatic rings. The van der Waals surface area contributed by atoms with E-state index in [1.165, 1.54) is 90.6 Å². The van der Waals surface area contributed by atoms with E-state index in [9.17, 15) is 0 Å². The van der Waals surface area contributed by atoms with Gasteiger partial charge in [-0.3, -0.25) is 4.90 Å². The second kappa shape index (κ2) is 6.55. The molecular formula is C18H33N3. The first-order valence-electron chi connectivity index (χ1n) is 9.60. The number of hydrogen-bond acceptors (Lipinski definition) is 3. The van der Waals surface area contributed by atoms with Gasteiger partial charge in [-0.2, -0.15) is 0 Å². The van der Waals surface area contributed by atoms with Crippen LogP contribution in [0.15, 0.2) is 0 Å². The van der Waals surface area contributed by atoms with Gasteiger partial charge in [-0.1, -0.05) is 12.8 Å². The molecular weight excluding hydrogens is 258 g/mol. The number of fused-ring (bicyclic) bond motifs is 2. The molecule has 0 radical (unpaired) electrons. The summed E-state index contributed by atoms with van der Waals surface area (Å²) >= 11 is 0. The van der Waals surface area contributed by atoms with Crippen LogP contribution >= 0.6 is 0 Å². The molecule has 3 heterocycles. The van der Waals surface area contributed by atoms with Crippen LogP contribution in [0.4, 0.5) is 0 Å². The standard InChI is InChI=1S/C18H33N3/c1-2-9-20(10-3-1)17-7-11-21(12-8-17)18-15-5-4-6-16(18)14-19-13-15/h15-19H,1-14H2/t15-,16+,18?. The van der Waals surface area contributed by atoms with Crippen molar-refractivity contribution in [1.82, 2.24) is 15.1 Å². The summed E-state index contributed by atoms with van der Waals surface area (Å²) in [5.74, 6) is 1.90. The van der Waals surface area contributed by atoms with Gasteiger partial charge in [-0.05, 0) is 89.6 Å². The summed E-state index contributed by atoms with van der Waals surface area (Å²) in [5, 5.41) is 3.68. The van der Waals surface area contributed by atoms with Crippen LogP contribution < -0.4 is 5.32 Å². The third-order valence-corrected chi connectivity index (χ3v) is 6.76. The molecule has 1 aliphatic carbocycles. The Hall–Kier alpha value is -0.120. The maximum Gasteiger partial charge on any atom is 0.0176 e. The Labute approximate surface area is 130 Å². The molecule has 3 saturated heterocycles. The largest absolute Gasteiger partial charge is 0.316 e. The molecule has 0 aromatic heterocycles. The van der Waals surface area contributed by atoms with E-state index in [1.807, 2.05) is 0 Å². The minimum atomic E-state index is 0.906. The molecule has 21 heavy (non-hydrogen) atoms. The van der Waals surface area contributed by atoms with E-state index in [2.05, 4.69) is 15.1 Å². The second-order valence-corrected chi connectivity index (χ2v) is 7.96. The van der Waals surface area contributed by atoms with Gasteiger partial charge in [0.15, 0.2) is 0 Å². The smallest absolute Gasteiger partial charge is 0.0176 e. The summed E-state index contributed by atoms with van der Waals surface area (Å²) < 4.78 is 0. The number of likely N-dealkylation sites (tertiary alicyclic amines) is 2. The Morgan fingerprint density at radius 2 is 1.29 bits per heavy atom. The third-order valence-electron chi connectivity index (χ3n) is 6.76. The minimum Gasteiger partial charge on any atom is -0.316 e. The van der Waals surface area contributed by atoms with Crippen LogP contribution in [0.5, 0.6) is 0 Å². The maximum atomic E-state index is 3.68. The molecule has 3 heteroatoms. The van der Waals surface area contributed by atoms with E-state index in [-0.39, 0.29) is 0 Å². The second-order valence-electron chi connectivity index (χ2n) is 7.96. The van der Waals surface area contributed by atoms with Crippen molar-refractivity contribution < 1.29 is 0 Å². The van der Waals surface area contributed by atoms with Crippen molar-refractivity contribution in [2.24, 2.45) is 11.8 Å². The number of piperidine rings is 3. The number of hydrogen-bond donors (Lipinski definition) is 1. The summed E-state index contributed by atoms with van der Waals surface area (Å²) in [6, 6.07) is 1.82. The Morgan fingerprint density at radius 3 is 1.95 bits per heavy atom. The lowest BCUT2D eigenvalue weighted by atomic mass is 9.73. The lowest BCUT2D eigenvalue weighted by Gasteiger charge is -2.51. The molecule has 3 aliphatic heterocycles. The number of nitrogens with one attached hydrogen (secondary N) is 1. The van der Waals surface area contributed by atoms with Crippen molar-refractivity contribution in [3.8, 4) is 0 Å². The van der Waals surface area contributed by atoms with Crippen LogP contribution in [0.25, 0.3) is 0 Å². The summed E-state index contributed by atoms with van der Waals surface area (Å²) in [4.78, 5) is 5.71. The lowest BCUT2D eigenvalue weighted by Crippen LogP contribution is -2.59. The summed E-state index contributed by atoms with van der Waals surface area (Å²) in [6.07, 6.45) is 11.6. The summed E-state index contributed by atoms with van der Waals surface area (Å²) in [6.45, 7) is 8.07. The molecule has 4 fully saturated rings. The highest BCUT2D eigenvalue weighted by Crippen LogP contribution is 2.36. The van der Waals surface area contributed by atoms with Crippen molar-refractivity contribution in [3.05, 3.63) is 0 Å². The van der Waals surface area contributed by atoms with Gasteiger partial charge in [0.2, 0.25) is 0 Å². The maximum absolute atomic E-state index is 3.68. The van der Waals surface area contributed by atoms with E-state index in [0.29, 0.717) is 0 Å². The normalized spacial score (nSPS) is 40.3. The fourth-order valence-corrected chi connectivity index (χ4v) is 5.70. The molecule has 3 nitrogen and oxygen atoms in total. The molecule has 1 saturated carbocycles. The minimum absolute atomic E-state index is 0.906. The molecule has 0 amide bonds. The zero-order valence-corrected chi connectivity index (χ0v) is 13.6. The SMILES string of the molecule is C1CCN(C2CCN(C3[C@@H]4CCC[C@H]3CNC4)CC2)CC1. The van der Waals surface area contributed by atoms with E-state index >= 15 is 0 Å². The molecule has 2 bridgehead atoms.